The Morgan fingerprint density at radius 2 is 2.10 bits per heavy atom. The standard InChI is InChI=1S/C13H24N6O/c1-4-19(7-10-5-6-20-9-10)8-11-15-12(14)17-13(16-11)18(2)3/h10H,4-9H2,1-3H3,(H2,14,15,16,17)/t10-/m1/s1. The lowest BCUT2D eigenvalue weighted by atomic mass is 10.1. The Balaban J connectivity index is 2.02. The normalized spacial score (nSPS) is 18.7. The average molecular weight is 280 g/mol. The van der Waals surface area contributed by atoms with E-state index >= 15 is 0 Å². The molecule has 0 saturated carbocycles. The molecule has 1 fully saturated rings. The summed E-state index contributed by atoms with van der Waals surface area (Å²) in [6.45, 7) is 6.55. The second kappa shape index (κ2) is 6.81. The third-order valence-electron chi connectivity index (χ3n) is 3.44. The van der Waals surface area contributed by atoms with Crippen molar-refractivity contribution in [3.63, 3.8) is 0 Å². The molecule has 1 aliphatic heterocycles. The van der Waals surface area contributed by atoms with E-state index in [0.717, 1.165) is 38.5 Å². The molecule has 20 heavy (non-hydrogen) atoms. The Labute approximate surface area is 120 Å². The van der Waals surface area contributed by atoms with Crippen molar-refractivity contribution in [1.29, 1.82) is 0 Å². The van der Waals surface area contributed by atoms with Crippen LogP contribution in [0.1, 0.15) is 19.2 Å². The minimum Gasteiger partial charge on any atom is -0.381 e. The molecule has 7 nitrogen and oxygen atoms in total. The molecule has 2 N–H and O–H groups in total. The van der Waals surface area contributed by atoms with Gasteiger partial charge in [-0.2, -0.15) is 15.0 Å². The summed E-state index contributed by atoms with van der Waals surface area (Å²) >= 11 is 0. The largest absolute Gasteiger partial charge is 0.381 e. The van der Waals surface area contributed by atoms with Crippen LogP contribution in [-0.2, 0) is 11.3 Å². The highest BCUT2D eigenvalue weighted by molar-refractivity contribution is 5.32. The van der Waals surface area contributed by atoms with Crippen LogP contribution in [0.2, 0.25) is 0 Å². The van der Waals surface area contributed by atoms with E-state index in [1.54, 1.807) is 0 Å². The van der Waals surface area contributed by atoms with Gasteiger partial charge in [0.25, 0.3) is 0 Å². The molecule has 1 saturated heterocycles. The summed E-state index contributed by atoms with van der Waals surface area (Å²) in [5, 5.41) is 0. The fourth-order valence-corrected chi connectivity index (χ4v) is 2.29. The third kappa shape index (κ3) is 4.01. The monoisotopic (exact) mass is 280 g/mol. The van der Waals surface area contributed by atoms with Crippen LogP contribution in [0, 0.1) is 5.92 Å². The van der Waals surface area contributed by atoms with Gasteiger partial charge in [-0.3, -0.25) is 4.90 Å². The first kappa shape index (κ1) is 14.9. The summed E-state index contributed by atoms with van der Waals surface area (Å²) in [6, 6.07) is 0. The number of nitrogens with zero attached hydrogens (tertiary/aromatic N) is 5. The van der Waals surface area contributed by atoms with Crippen molar-refractivity contribution in [2.24, 2.45) is 5.92 Å². The number of nitrogens with two attached hydrogens (primary N) is 1. The van der Waals surface area contributed by atoms with E-state index in [1.165, 1.54) is 0 Å². The first-order chi connectivity index (χ1) is 9.58. The van der Waals surface area contributed by atoms with Gasteiger partial charge in [0.15, 0.2) is 0 Å². The van der Waals surface area contributed by atoms with Crippen LogP contribution in [0.15, 0.2) is 0 Å². The van der Waals surface area contributed by atoms with Crippen LogP contribution >= 0.6 is 0 Å². The van der Waals surface area contributed by atoms with E-state index in [1.807, 2.05) is 19.0 Å². The lowest BCUT2D eigenvalue weighted by molar-refractivity contribution is 0.165. The first-order valence-electron chi connectivity index (χ1n) is 7.06. The number of rotatable bonds is 6. The molecule has 0 amide bonds. The second-order valence-corrected chi connectivity index (χ2v) is 5.36. The summed E-state index contributed by atoms with van der Waals surface area (Å²) in [4.78, 5) is 17.0. The van der Waals surface area contributed by atoms with Gasteiger partial charge in [0.1, 0.15) is 5.82 Å². The highest BCUT2D eigenvalue weighted by Crippen LogP contribution is 2.15. The Hall–Kier alpha value is -1.47. The van der Waals surface area contributed by atoms with Crippen molar-refractivity contribution in [2.45, 2.75) is 19.9 Å². The Kier molecular flexibility index (Phi) is 5.08. The predicted molar refractivity (Wildman–Crippen MR) is 78.4 cm³/mol. The number of hydrogen-bond acceptors (Lipinski definition) is 7. The van der Waals surface area contributed by atoms with Crippen LogP contribution in [0.3, 0.4) is 0 Å². The van der Waals surface area contributed by atoms with Crippen LogP contribution in [-0.4, -0.2) is 60.3 Å². The summed E-state index contributed by atoms with van der Waals surface area (Å²) in [7, 11) is 3.79. The number of ether oxygens (including phenoxy) is 1. The van der Waals surface area contributed by atoms with E-state index < -0.39 is 0 Å². The molecular weight excluding hydrogens is 256 g/mol. The van der Waals surface area contributed by atoms with Crippen molar-refractivity contribution in [2.75, 3.05) is 51.0 Å². The van der Waals surface area contributed by atoms with Crippen LogP contribution in [0.4, 0.5) is 11.9 Å². The average Bonchev–Trinajstić information content (AvgIpc) is 2.90. The van der Waals surface area contributed by atoms with Gasteiger partial charge in [-0.15, -0.1) is 0 Å². The van der Waals surface area contributed by atoms with Crippen LogP contribution in [0.25, 0.3) is 0 Å². The highest BCUT2D eigenvalue weighted by Gasteiger charge is 2.19. The fraction of sp³-hybridized carbons (Fsp3) is 0.769. The van der Waals surface area contributed by atoms with Crippen molar-refractivity contribution >= 4 is 11.9 Å². The zero-order valence-electron chi connectivity index (χ0n) is 12.5. The van der Waals surface area contributed by atoms with Gasteiger partial charge in [-0.25, -0.2) is 0 Å². The third-order valence-corrected chi connectivity index (χ3v) is 3.44. The molecule has 1 atom stereocenters. The van der Waals surface area contributed by atoms with Crippen molar-refractivity contribution in [3.05, 3.63) is 5.82 Å². The SMILES string of the molecule is CCN(Cc1nc(N)nc(N(C)C)n1)C[C@H]1CCOC1. The van der Waals surface area contributed by atoms with Crippen LogP contribution in [0.5, 0.6) is 0 Å². The van der Waals surface area contributed by atoms with E-state index in [9.17, 15) is 0 Å². The lowest BCUT2D eigenvalue weighted by Gasteiger charge is -2.23. The molecule has 1 aliphatic rings. The molecule has 0 bridgehead atoms. The summed E-state index contributed by atoms with van der Waals surface area (Å²) in [5.74, 6) is 2.22. The maximum Gasteiger partial charge on any atom is 0.229 e. The Morgan fingerprint density at radius 1 is 1.30 bits per heavy atom. The minimum absolute atomic E-state index is 0.277. The van der Waals surface area contributed by atoms with Crippen molar-refractivity contribution in [1.82, 2.24) is 19.9 Å². The van der Waals surface area contributed by atoms with Gasteiger partial charge < -0.3 is 15.4 Å². The molecule has 2 heterocycles. The van der Waals surface area contributed by atoms with Gasteiger partial charge in [0, 0.05) is 27.2 Å². The van der Waals surface area contributed by atoms with Gasteiger partial charge in [-0.05, 0) is 18.9 Å². The van der Waals surface area contributed by atoms with Crippen molar-refractivity contribution < 1.29 is 4.74 Å². The summed E-state index contributed by atoms with van der Waals surface area (Å²) < 4.78 is 5.43. The fourth-order valence-electron chi connectivity index (χ4n) is 2.29. The molecular formula is C13H24N6O. The molecule has 0 radical (unpaired) electrons. The van der Waals surface area contributed by atoms with Crippen LogP contribution < -0.4 is 10.6 Å². The molecule has 0 unspecified atom stereocenters. The molecule has 2 rings (SSSR count). The van der Waals surface area contributed by atoms with E-state index in [2.05, 4.69) is 26.8 Å². The number of hydrogen-bond donors (Lipinski definition) is 1. The number of nitrogen functional groups attached to an aromatic ring is 1. The predicted octanol–water partition coefficient (Wildman–Crippen LogP) is 0.378. The zero-order valence-corrected chi connectivity index (χ0v) is 12.5. The van der Waals surface area contributed by atoms with E-state index in [0.29, 0.717) is 18.4 Å². The quantitative estimate of drug-likeness (QED) is 0.806. The lowest BCUT2D eigenvalue weighted by Crippen LogP contribution is -2.30. The molecule has 1 aromatic rings. The maximum atomic E-state index is 5.75. The maximum absolute atomic E-state index is 5.75. The Bertz CT molecular complexity index is 433. The Morgan fingerprint density at radius 3 is 2.70 bits per heavy atom. The zero-order chi connectivity index (χ0) is 14.5. The van der Waals surface area contributed by atoms with Gasteiger partial charge in [0.2, 0.25) is 11.9 Å². The molecule has 112 valence electrons. The second-order valence-electron chi connectivity index (χ2n) is 5.36. The summed E-state index contributed by atoms with van der Waals surface area (Å²) in [6.07, 6.45) is 1.14. The highest BCUT2D eigenvalue weighted by atomic mass is 16.5. The smallest absolute Gasteiger partial charge is 0.229 e. The van der Waals surface area contributed by atoms with Crippen molar-refractivity contribution in [3.8, 4) is 0 Å². The molecule has 0 aromatic carbocycles. The topological polar surface area (TPSA) is 80.4 Å². The minimum atomic E-state index is 0.277. The molecule has 7 heteroatoms. The molecule has 0 spiro atoms. The van der Waals surface area contributed by atoms with Gasteiger partial charge in [-0.1, -0.05) is 6.92 Å². The molecule has 0 aliphatic carbocycles. The number of aromatic nitrogens is 3. The first-order valence-corrected chi connectivity index (χ1v) is 7.06. The number of anilines is 2. The van der Waals surface area contributed by atoms with E-state index in [4.69, 9.17) is 10.5 Å². The molecule has 1 aromatic heterocycles. The summed E-state index contributed by atoms with van der Waals surface area (Å²) in [5.41, 5.74) is 5.75. The van der Waals surface area contributed by atoms with E-state index in [-0.39, 0.29) is 5.95 Å². The van der Waals surface area contributed by atoms with Gasteiger partial charge >= 0.3 is 0 Å². The van der Waals surface area contributed by atoms with Gasteiger partial charge in [0.05, 0.1) is 13.2 Å².